The number of carbonyl (C=O) groups excluding carboxylic acids is 1. The fourth-order valence-electron chi connectivity index (χ4n) is 3.13. The van der Waals surface area contributed by atoms with E-state index in [2.05, 4.69) is 10.2 Å². The quantitative estimate of drug-likeness (QED) is 0.899. The van der Waals surface area contributed by atoms with E-state index in [0.29, 0.717) is 6.54 Å². The molecule has 2 aliphatic rings. The summed E-state index contributed by atoms with van der Waals surface area (Å²) >= 11 is 0. The van der Waals surface area contributed by atoms with Crippen LogP contribution in [0.15, 0.2) is 22.8 Å². The third-order valence-electron chi connectivity index (χ3n) is 4.65. The van der Waals surface area contributed by atoms with Gasteiger partial charge < -0.3 is 9.73 Å². The van der Waals surface area contributed by atoms with Crippen molar-refractivity contribution in [1.29, 1.82) is 0 Å². The monoisotopic (exact) mass is 276 g/mol. The van der Waals surface area contributed by atoms with Crippen molar-refractivity contribution in [2.24, 2.45) is 5.92 Å². The lowest BCUT2D eigenvalue weighted by molar-refractivity contribution is -0.127. The van der Waals surface area contributed by atoms with Crippen LogP contribution in [-0.2, 0) is 4.79 Å². The third kappa shape index (κ3) is 3.06. The highest BCUT2D eigenvalue weighted by Gasteiger charge is 2.28. The molecule has 0 bridgehead atoms. The van der Waals surface area contributed by atoms with Crippen molar-refractivity contribution in [3.63, 3.8) is 0 Å². The molecule has 20 heavy (non-hydrogen) atoms. The van der Waals surface area contributed by atoms with Gasteiger partial charge in [0.05, 0.1) is 12.3 Å². The summed E-state index contributed by atoms with van der Waals surface area (Å²) in [5, 5.41) is 3.13. The van der Waals surface area contributed by atoms with Crippen LogP contribution < -0.4 is 5.32 Å². The van der Waals surface area contributed by atoms with Gasteiger partial charge >= 0.3 is 0 Å². The average molecular weight is 276 g/mol. The SMILES string of the molecule is O=C(NCC(c1ccco1)N1CCCCC1)C1CCC1. The number of hydrogen-bond donors (Lipinski definition) is 1. The van der Waals surface area contributed by atoms with Gasteiger partial charge in [-0.2, -0.15) is 0 Å². The van der Waals surface area contributed by atoms with Crippen LogP contribution in [0, 0.1) is 5.92 Å². The van der Waals surface area contributed by atoms with E-state index >= 15 is 0 Å². The van der Waals surface area contributed by atoms with Gasteiger partial charge in [-0.1, -0.05) is 12.8 Å². The number of likely N-dealkylation sites (tertiary alicyclic amines) is 1. The highest BCUT2D eigenvalue weighted by molar-refractivity contribution is 5.79. The minimum absolute atomic E-state index is 0.189. The van der Waals surface area contributed by atoms with Gasteiger partial charge in [-0.25, -0.2) is 0 Å². The maximum atomic E-state index is 12.0. The van der Waals surface area contributed by atoms with Gasteiger partial charge in [0.1, 0.15) is 5.76 Å². The first kappa shape index (κ1) is 13.7. The number of rotatable bonds is 5. The van der Waals surface area contributed by atoms with Crippen LogP contribution in [-0.4, -0.2) is 30.4 Å². The fraction of sp³-hybridized carbons (Fsp3) is 0.688. The second-order valence-corrected chi connectivity index (χ2v) is 6.00. The third-order valence-corrected chi connectivity index (χ3v) is 4.65. The smallest absolute Gasteiger partial charge is 0.223 e. The zero-order valence-corrected chi connectivity index (χ0v) is 12.0. The average Bonchev–Trinajstić information content (AvgIpc) is 2.92. The molecular formula is C16H24N2O2. The van der Waals surface area contributed by atoms with E-state index in [1.165, 1.54) is 25.7 Å². The van der Waals surface area contributed by atoms with Crippen LogP contribution in [0.2, 0.25) is 0 Å². The number of nitrogens with one attached hydrogen (secondary N) is 1. The number of piperidine rings is 1. The van der Waals surface area contributed by atoms with Gasteiger partial charge in [-0.15, -0.1) is 0 Å². The zero-order chi connectivity index (χ0) is 13.8. The number of nitrogens with zero attached hydrogens (tertiary/aromatic N) is 1. The molecule has 110 valence electrons. The molecular weight excluding hydrogens is 252 g/mol. The van der Waals surface area contributed by atoms with Crippen LogP contribution in [0.3, 0.4) is 0 Å². The molecule has 0 radical (unpaired) electrons. The molecule has 0 aromatic carbocycles. The maximum Gasteiger partial charge on any atom is 0.223 e. The van der Waals surface area contributed by atoms with Crippen molar-refractivity contribution >= 4 is 5.91 Å². The molecule has 2 fully saturated rings. The van der Waals surface area contributed by atoms with E-state index in [0.717, 1.165) is 31.7 Å². The highest BCUT2D eigenvalue weighted by Crippen LogP contribution is 2.27. The topological polar surface area (TPSA) is 45.5 Å². The summed E-state index contributed by atoms with van der Waals surface area (Å²) in [7, 11) is 0. The first-order valence-corrected chi connectivity index (χ1v) is 7.90. The Bertz CT molecular complexity index is 420. The molecule has 1 aliphatic carbocycles. The molecule has 4 heteroatoms. The minimum Gasteiger partial charge on any atom is -0.468 e. The molecule has 3 rings (SSSR count). The summed E-state index contributed by atoms with van der Waals surface area (Å²) in [5.41, 5.74) is 0. The predicted molar refractivity (Wildman–Crippen MR) is 77.2 cm³/mol. The molecule has 1 amide bonds. The van der Waals surface area contributed by atoms with Crippen LogP contribution in [0.25, 0.3) is 0 Å². The second-order valence-electron chi connectivity index (χ2n) is 6.00. The first-order chi connectivity index (χ1) is 9.84. The number of carbonyl (C=O) groups is 1. The van der Waals surface area contributed by atoms with Gasteiger partial charge in [-0.3, -0.25) is 9.69 Å². The molecule has 4 nitrogen and oxygen atoms in total. The van der Waals surface area contributed by atoms with Crippen LogP contribution in [0.5, 0.6) is 0 Å². The molecule has 1 unspecified atom stereocenters. The maximum absolute atomic E-state index is 12.0. The molecule has 1 N–H and O–H groups in total. The van der Waals surface area contributed by atoms with Crippen LogP contribution in [0.4, 0.5) is 0 Å². The predicted octanol–water partition coefficient (Wildman–Crippen LogP) is 2.72. The van der Waals surface area contributed by atoms with Crippen LogP contribution in [0.1, 0.15) is 50.3 Å². The lowest BCUT2D eigenvalue weighted by Gasteiger charge is -2.34. The van der Waals surface area contributed by atoms with Gasteiger partial charge in [0.2, 0.25) is 5.91 Å². The van der Waals surface area contributed by atoms with Crippen LogP contribution >= 0.6 is 0 Å². The molecule has 2 heterocycles. The summed E-state index contributed by atoms with van der Waals surface area (Å²) < 4.78 is 5.59. The first-order valence-electron chi connectivity index (χ1n) is 7.90. The fourth-order valence-corrected chi connectivity index (χ4v) is 3.13. The number of furan rings is 1. The molecule has 1 saturated heterocycles. The molecule has 1 aromatic heterocycles. The van der Waals surface area contributed by atoms with E-state index in [9.17, 15) is 4.79 Å². The lowest BCUT2D eigenvalue weighted by Crippen LogP contribution is -2.43. The molecule has 1 aromatic rings. The standard InChI is InChI=1S/C16H24N2O2/c19-16(13-6-4-7-13)17-12-14(15-8-5-11-20-15)18-9-2-1-3-10-18/h5,8,11,13-14H,1-4,6-7,9-10,12H2,(H,17,19). The van der Waals surface area contributed by atoms with Gasteiger partial charge in [-0.05, 0) is 50.9 Å². The molecule has 0 spiro atoms. The summed E-state index contributed by atoms with van der Waals surface area (Å²) in [6.07, 6.45) is 8.84. The highest BCUT2D eigenvalue weighted by atomic mass is 16.3. The Morgan fingerprint density at radius 3 is 2.70 bits per heavy atom. The van der Waals surface area contributed by atoms with E-state index < -0.39 is 0 Å². The number of amides is 1. The Kier molecular flexibility index (Phi) is 4.41. The Labute approximate surface area is 120 Å². The normalized spacial score (nSPS) is 22.2. The van der Waals surface area contributed by atoms with E-state index in [4.69, 9.17) is 4.42 Å². The Morgan fingerprint density at radius 1 is 1.30 bits per heavy atom. The van der Waals surface area contributed by atoms with E-state index in [1.54, 1.807) is 6.26 Å². The van der Waals surface area contributed by atoms with E-state index in [1.807, 2.05) is 12.1 Å². The minimum atomic E-state index is 0.189. The van der Waals surface area contributed by atoms with Gasteiger partial charge in [0, 0.05) is 12.5 Å². The Balaban J connectivity index is 1.61. The molecule has 1 atom stereocenters. The lowest BCUT2D eigenvalue weighted by atomic mass is 9.85. The van der Waals surface area contributed by atoms with Crippen molar-refractivity contribution in [3.05, 3.63) is 24.2 Å². The largest absolute Gasteiger partial charge is 0.468 e. The van der Waals surface area contributed by atoms with Crippen molar-refractivity contribution in [2.45, 2.75) is 44.6 Å². The molecule has 1 aliphatic heterocycles. The van der Waals surface area contributed by atoms with Crippen molar-refractivity contribution < 1.29 is 9.21 Å². The van der Waals surface area contributed by atoms with Crippen molar-refractivity contribution in [2.75, 3.05) is 19.6 Å². The van der Waals surface area contributed by atoms with E-state index in [-0.39, 0.29) is 17.9 Å². The Hall–Kier alpha value is -1.29. The summed E-state index contributed by atoms with van der Waals surface area (Å²) in [5.74, 6) is 1.46. The summed E-state index contributed by atoms with van der Waals surface area (Å²) in [6.45, 7) is 2.87. The number of hydrogen-bond acceptors (Lipinski definition) is 3. The summed E-state index contributed by atoms with van der Waals surface area (Å²) in [4.78, 5) is 14.5. The zero-order valence-electron chi connectivity index (χ0n) is 12.0. The van der Waals surface area contributed by atoms with Crippen molar-refractivity contribution in [1.82, 2.24) is 10.2 Å². The van der Waals surface area contributed by atoms with Crippen molar-refractivity contribution in [3.8, 4) is 0 Å². The second kappa shape index (κ2) is 6.44. The Morgan fingerprint density at radius 2 is 2.10 bits per heavy atom. The van der Waals surface area contributed by atoms with Gasteiger partial charge in [0.15, 0.2) is 0 Å². The molecule has 1 saturated carbocycles. The summed E-state index contributed by atoms with van der Waals surface area (Å²) in [6, 6.07) is 4.14. The van der Waals surface area contributed by atoms with Gasteiger partial charge in [0.25, 0.3) is 0 Å².